The van der Waals surface area contributed by atoms with E-state index in [0.717, 1.165) is 18.1 Å². The van der Waals surface area contributed by atoms with E-state index in [1.807, 2.05) is 12.1 Å². The van der Waals surface area contributed by atoms with Crippen molar-refractivity contribution in [3.8, 4) is 0 Å². The first-order valence-electron chi connectivity index (χ1n) is 6.73. The molecular weight excluding hydrogens is 246 g/mol. The normalized spacial score (nSPS) is 24.6. The molecule has 1 unspecified atom stereocenters. The summed E-state index contributed by atoms with van der Waals surface area (Å²) in [6, 6.07) is 9.37. The summed E-state index contributed by atoms with van der Waals surface area (Å²) in [5.74, 6) is 0.668. The van der Waals surface area contributed by atoms with Gasteiger partial charge in [0.25, 0.3) is 0 Å². The molecule has 1 fully saturated rings. The van der Waals surface area contributed by atoms with Crippen LogP contribution in [0.3, 0.4) is 0 Å². The van der Waals surface area contributed by atoms with E-state index in [1.54, 1.807) is 7.11 Å². The molecule has 0 bridgehead atoms. The summed E-state index contributed by atoms with van der Waals surface area (Å²) in [6.07, 6.45) is 3.54. The van der Waals surface area contributed by atoms with Gasteiger partial charge in [-0.2, -0.15) is 0 Å². The van der Waals surface area contributed by atoms with E-state index in [2.05, 4.69) is 24.4 Å². The molecule has 0 aliphatic heterocycles. The van der Waals surface area contributed by atoms with Crippen molar-refractivity contribution >= 4 is 11.6 Å². The first-order valence-corrected chi connectivity index (χ1v) is 7.11. The van der Waals surface area contributed by atoms with E-state index in [-0.39, 0.29) is 0 Å². The van der Waals surface area contributed by atoms with E-state index in [0.29, 0.717) is 18.0 Å². The zero-order chi connectivity index (χ0) is 13.0. The summed E-state index contributed by atoms with van der Waals surface area (Å²) < 4.78 is 5.21. The zero-order valence-electron chi connectivity index (χ0n) is 11.2. The second-order valence-corrected chi connectivity index (χ2v) is 5.58. The maximum absolute atomic E-state index is 6.02. The Bertz CT molecular complexity index is 377. The monoisotopic (exact) mass is 267 g/mol. The fourth-order valence-corrected chi connectivity index (χ4v) is 2.80. The van der Waals surface area contributed by atoms with Crippen LogP contribution < -0.4 is 5.32 Å². The van der Waals surface area contributed by atoms with Gasteiger partial charge < -0.3 is 10.1 Å². The molecule has 18 heavy (non-hydrogen) atoms. The van der Waals surface area contributed by atoms with E-state index in [4.69, 9.17) is 16.3 Å². The number of nitrogens with one attached hydrogen (secondary N) is 1. The highest BCUT2D eigenvalue weighted by Crippen LogP contribution is 2.37. The molecule has 2 nitrogen and oxygen atoms in total. The van der Waals surface area contributed by atoms with Crippen molar-refractivity contribution < 1.29 is 4.74 Å². The largest absolute Gasteiger partial charge is 0.383 e. The van der Waals surface area contributed by atoms with Gasteiger partial charge in [0, 0.05) is 24.2 Å². The number of halogens is 1. The molecule has 1 aromatic rings. The highest BCUT2D eigenvalue weighted by atomic mass is 35.5. The summed E-state index contributed by atoms with van der Waals surface area (Å²) in [5.41, 5.74) is 1.38. The highest BCUT2D eigenvalue weighted by molar-refractivity contribution is 6.30. The molecule has 100 valence electrons. The molecule has 1 saturated carbocycles. The van der Waals surface area contributed by atoms with Crippen LogP contribution >= 0.6 is 11.6 Å². The standard InChI is InChI=1S/C15H22ClNO/c1-3-14(10-18-2)17-15-8-12(9-15)11-5-4-6-13(16)7-11/h4-7,12,14-15,17H,3,8-10H2,1-2H3. The van der Waals surface area contributed by atoms with Crippen LogP contribution in [0.4, 0.5) is 0 Å². The Kier molecular flexibility index (Phi) is 5.04. The van der Waals surface area contributed by atoms with Gasteiger partial charge in [0.15, 0.2) is 0 Å². The third kappa shape index (κ3) is 3.47. The minimum absolute atomic E-state index is 0.486. The van der Waals surface area contributed by atoms with E-state index < -0.39 is 0 Å². The molecule has 0 aromatic heterocycles. The van der Waals surface area contributed by atoms with Gasteiger partial charge in [0.2, 0.25) is 0 Å². The van der Waals surface area contributed by atoms with Crippen molar-refractivity contribution in [1.82, 2.24) is 5.32 Å². The molecule has 1 atom stereocenters. The predicted molar refractivity (Wildman–Crippen MR) is 76.3 cm³/mol. The molecule has 2 rings (SSSR count). The van der Waals surface area contributed by atoms with Crippen molar-refractivity contribution in [2.45, 2.75) is 44.2 Å². The van der Waals surface area contributed by atoms with Crippen molar-refractivity contribution in [2.24, 2.45) is 0 Å². The molecule has 0 spiro atoms. The lowest BCUT2D eigenvalue weighted by Crippen LogP contribution is -2.46. The second-order valence-electron chi connectivity index (χ2n) is 5.15. The van der Waals surface area contributed by atoms with Crippen LogP contribution in [0.2, 0.25) is 5.02 Å². The van der Waals surface area contributed by atoms with Gasteiger partial charge >= 0.3 is 0 Å². The van der Waals surface area contributed by atoms with Crippen LogP contribution in [-0.4, -0.2) is 25.8 Å². The molecule has 0 saturated heterocycles. The molecule has 0 amide bonds. The second kappa shape index (κ2) is 6.55. The molecule has 0 radical (unpaired) electrons. The number of methoxy groups -OCH3 is 1. The Labute approximate surface area is 115 Å². The number of hydrogen-bond acceptors (Lipinski definition) is 2. The van der Waals surface area contributed by atoms with Gasteiger partial charge in [-0.05, 0) is 42.9 Å². The molecule has 3 heteroatoms. The van der Waals surface area contributed by atoms with Crippen molar-refractivity contribution in [2.75, 3.05) is 13.7 Å². The molecule has 1 aliphatic carbocycles. The Morgan fingerprint density at radius 2 is 2.22 bits per heavy atom. The van der Waals surface area contributed by atoms with Gasteiger partial charge in [0.05, 0.1) is 6.61 Å². The number of hydrogen-bond donors (Lipinski definition) is 1. The maximum atomic E-state index is 6.02. The highest BCUT2D eigenvalue weighted by Gasteiger charge is 2.31. The molecule has 1 aliphatic rings. The van der Waals surface area contributed by atoms with Gasteiger partial charge in [0.1, 0.15) is 0 Å². The lowest BCUT2D eigenvalue weighted by Gasteiger charge is -2.38. The van der Waals surface area contributed by atoms with E-state index in [1.165, 1.54) is 18.4 Å². The van der Waals surface area contributed by atoms with Crippen molar-refractivity contribution in [3.05, 3.63) is 34.9 Å². The fraction of sp³-hybridized carbons (Fsp3) is 0.600. The third-order valence-electron chi connectivity index (χ3n) is 3.79. The van der Waals surface area contributed by atoms with Crippen molar-refractivity contribution in [3.63, 3.8) is 0 Å². The quantitative estimate of drug-likeness (QED) is 0.850. The number of benzene rings is 1. The summed E-state index contributed by atoms with van der Waals surface area (Å²) in [4.78, 5) is 0. The van der Waals surface area contributed by atoms with Gasteiger partial charge in [-0.25, -0.2) is 0 Å². The minimum Gasteiger partial charge on any atom is -0.383 e. The molecule has 1 N–H and O–H groups in total. The molecule has 0 heterocycles. The van der Waals surface area contributed by atoms with E-state index in [9.17, 15) is 0 Å². The zero-order valence-corrected chi connectivity index (χ0v) is 11.9. The summed E-state index contributed by atoms with van der Waals surface area (Å²) in [7, 11) is 1.76. The average Bonchev–Trinajstić information content (AvgIpc) is 2.31. The number of rotatable bonds is 6. The Hall–Kier alpha value is -0.570. The van der Waals surface area contributed by atoms with Crippen LogP contribution in [0.25, 0.3) is 0 Å². The van der Waals surface area contributed by atoms with Gasteiger partial charge in [-0.3, -0.25) is 0 Å². The Morgan fingerprint density at radius 1 is 1.44 bits per heavy atom. The van der Waals surface area contributed by atoms with Crippen LogP contribution in [-0.2, 0) is 4.74 Å². The minimum atomic E-state index is 0.486. The van der Waals surface area contributed by atoms with Crippen LogP contribution in [0.5, 0.6) is 0 Å². The fourth-order valence-electron chi connectivity index (χ4n) is 2.60. The lowest BCUT2D eigenvalue weighted by atomic mass is 9.75. The topological polar surface area (TPSA) is 21.3 Å². The van der Waals surface area contributed by atoms with Crippen LogP contribution in [0.15, 0.2) is 24.3 Å². The lowest BCUT2D eigenvalue weighted by molar-refractivity contribution is 0.144. The first kappa shape index (κ1) is 13.9. The number of ether oxygens (including phenoxy) is 1. The van der Waals surface area contributed by atoms with E-state index >= 15 is 0 Å². The SMILES string of the molecule is CCC(COC)NC1CC(c2cccc(Cl)c2)C1. The summed E-state index contributed by atoms with van der Waals surface area (Å²) in [6.45, 7) is 3.00. The molecular formula is C15H22ClNO. The van der Waals surface area contributed by atoms with Gasteiger partial charge in [-0.1, -0.05) is 30.7 Å². The predicted octanol–water partition coefficient (Wildman–Crippen LogP) is 3.60. The molecule has 1 aromatic carbocycles. The van der Waals surface area contributed by atoms with Crippen molar-refractivity contribution in [1.29, 1.82) is 0 Å². The third-order valence-corrected chi connectivity index (χ3v) is 4.03. The summed E-state index contributed by atoms with van der Waals surface area (Å²) in [5, 5.41) is 4.50. The Morgan fingerprint density at radius 3 is 2.83 bits per heavy atom. The van der Waals surface area contributed by atoms with Crippen LogP contribution in [0, 0.1) is 0 Å². The smallest absolute Gasteiger partial charge is 0.0615 e. The first-order chi connectivity index (χ1) is 8.72. The average molecular weight is 268 g/mol. The van der Waals surface area contributed by atoms with Crippen LogP contribution in [0.1, 0.15) is 37.7 Å². The maximum Gasteiger partial charge on any atom is 0.0615 e. The van der Waals surface area contributed by atoms with Gasteiger partial charge in [-0.15, -0.1) is 0 Å². The Balaban J connectivity index is 1.80. The summed E-state index contributed by atoms with van der Waals surface area (Å²) >= 11 is 6.02.